The van der Waals surface area contributed by atoms with Gasteiger partial charge in [0.25, 0.3) is 0 Å². The number of hydrogen-bond donors (Lipinski definition) is 0. The van der Waals surface area contributed by atoms with E-state index in [1.54, 1.807) is 10.7 Å². The smallest absolute Gasteiger partial charge is 0.172 e. The molecule has 0 unspecified atom stereocenters. The summed E-state index contributed by atoms with van der Waals surface area (Å²) in [7, 11) is 0. The summed E-state index contributed by atoms with van der Waals surface area (Å²) in [6.07, 6.45) is 0.695. The van der Waals surface area contributed by atoms with Crippen LogP contribution in [-0.2, 0) is 0 Å². The van der Waals surface area contributed by atoms with Crippen molar-refractivity contribution >= 4 is 17.9 Å². The Labute approximate surface area is 127 Å². The molecule has 0 spiro atoms. The van der Waals surface area contributed by atoms with E-state index < -0.39 is 0 Å². The second kappa shape index (κ2) is 5.50. The number of para-hydroxylation sites is 1. The summed E-state index contributed by atoms with van der Waals surface area (Å²) in [6.45, 7) is 1.98. The molecule has 0 fully saturated rings. The highest BCUT2D eigenvalue weighted by atomic mass is 35.5. The molecule has 0 amide bonds. The minimum absolute atomic E-state index is 0.270. The minimum Gasteiger partial charge on any atom is -0.296 e. The van der Waals surface area contributed by atoms with E-state index in [1.165, 1.54) is 0 Å². The summed E-state index contributed by atoms with van der Waals surface area (Å²) >= 11 is 6.26. The molecule has 104 valence electrons. The van der Waals surface area contributed by atoms with Gasteiger partial charge in [0.15, 0.2) is 12.0 Å². The molecule has 1 heterocycles. The van der Waals surface area contributed by atoms with Crippen LogP contribution in [0.5, 0.6) is 0 Å². The van der Waals surface area contributed by atoms with E-state index in [0.717, 1.165) is 16.8 Å². The Morgan fingerprint density at radius 1 is 1.10 bits per heavy atom. The van der Waals surface area contributed by atoms with Crippen LogP contribution in [0.2, 0.25) is 5.02 Å². The van der Waals surface area contributed by atoms with Gasteiger partial charge in [-0.05, 0) is 24.6 Å². The molecule has 0 N–H and O–H groups in total. The molecule has 0 atom stereocenters. The molecule has 21 heavy (non-hydrogen) atoms. The molecule has 4 nitrogen and oxygen atoms in total. The zero-order chi connectivity index (χ0) is 14.8. The van der Waals surface area contributed by atoms with Gasteiger partial charge >= 0.3 is 0 Å². The van der Waals surface area contributed by atoms with Crippen LogP contribution in [0.15, 0.2) is 48.5 Å². The summed E-state index contributed by atoms with van der Waals surface area (Å²) in [5.41, 5.74) is 3.51. The average molecular weight is 298 g/mol. The molecule has 0 aliphatic rings. The number of carbonyl (C=O) groups is 1. The summed E-state index contributed by atoms with van der Waals surface area (Å²) in [5.74, 6) is 0. The first-order valence-electron chi connectivity index (χ1n) is 6.44. The maximum atomic E-state index is 11.3. The Kier molecular flexibility index (Phi) is 3.54. The van der Waals surface area contributed by atoms with Gasteiger partial charge in [0.1, 0.15) is 5.69 Å². The summed E-state index contributed by atoms with van der Waals surface area (Å²) in [4.78, 5) is 11.3. The van der Waals surface area contributed by atoms with Crippen molar-refractivity contribution < 1.29 is 4.79 Å². The molecule has 0 saturated carbocycles. The Bertz CT molecular complexity index is 811. The van der Waals surface area contributed by atoms with Crippen molar-refractivity contribution in [1.29, 1.82) is 0 Å². The predicted molar refractivity (Wildman–Crippen MR) is 81.9 cm³/mol. The van der Waals surface area contributed by atoms with Crippen LogP contribution in [0.3, 0.4) is 0 Å². The first-order valence-corrected chi connectivity index (χ1v) is 6.82. The molecule has 0 aliphatic heterocycles. The molecule has 0 radical (unpaired) electrons. The van der Waals surface area contributed by atoms with Gasteiger partial charge in [-0.2, -0.15) is 0 Å². The molecule has 3 aromatic rings. The average Bonchev–Trinajstić information content (AvgIpc) is 2.92. The standard InChI is InChI=1S/C16H12ClN3O/c1-11-6-2-5-9-15(11)20-16(14(10-21)18-19-20)12-7-3-4-8-13(12)17/h2-10H,1H3. The number of nitrogens with zero attached hydrogens (tertiary/aromatic N) is 3. The monoisotopic (exact) mass is 297 g/mol. The summed E-state index contributed by atoms with van der Waals surface area (Å²) in [6, 6.07) is 15.1. The van der Waals surface area contributed by atoms with E-state index in [0.29, 0.717) is 17.0 Å². The topological polar surface area (TPSA) is 47.8 Å². The summed E-state index contributed by atoms with van der Waals surface area (Å²) < 4.78 is 1.65. The lowest BCUT2D eigenvalue weighted by atomic mass is 10.1. The van der Waals surface area contributed by atoms with Gasteiger partial charge in [-0.25, -0.2) is 4.68 Å². The highest BCUT2D eigenvalue weighted by Crippen LogP contribution is 2.31. The van der Waals surface area contributed by atoms with Crippen molar-refractivity contribution in [3.05, 3.63) is 64.8 Å². The summed E-state index contributed by atoms with van der Waals surface area (Å²) in [5, 5.41) is 8.62. The lowest BCUT2D eigenvalue weighted by Gasteiger charge is -2.10. The van der Waals surface area contributed by atoms with Crippen LogP contribution >= 0.6 is 11.6 Å². The maximum Gasteiger partial charge on any atom is 0.172 e. The second-order valence-corrected chi connectivity index (χ2v) is 5.03. The lowest BCUT2D eigenvalue weighted by Crippen LogP contribution is -2.02. The number of rotatable bonds is 3. The molecule has 3 rings (SSSR count). The molecule has 0 aliphatic carbocycles. The van der Waals surface area contributed by atoms with E-state index in [2.05, 4.69) is 10.3 Å². The van der Waals surface area contributed by atoms with Gasteiger partial charge in [0.05, 0.1) is 10.7 Å². The molecule has 2 aromatic carbocycles. The van der Waals surface area contributed by atoms with Crippen LogP contribution in [-0.4, -0.2) is 21.3 Å². The number of aldehydes is 1. The fourth-order valence-corrected chi connectivity index (χ4v) is 2.47. The Morgan fingerprint density at radius 3 is 2.52 bits per heavy atom. The minimum atomic E-state index is 0.270. The maximum absolute atomic E-state index is 11.3. The number of halogens is 1. The molecule has 1 aromatic heterocycles. The SMILES string of the molecule is Cc1ccccc1-n1nnc(C=O)c1-c1ccccc1Cl. The molecule has 5 heteroatoms. The molecule has 0 saturated heterocycles. The third-order valence-electron chi connectivity index (χ3n) is 3.28. The van der Waals surface area contributed by atoms with Gasteiger partial charge in [-0.1, -0.05) is 53.2 Å². The highest BCUT2D eigenvalue weighted by molar-refractivity contribution is 6.33. The van der Waals surface area contributed by atoms with Gasteiger partial charge in [-0.15, -0.1) is 5.10 Å². The number of aryl methyl sites for hydroxylation is 1. The van der Waals surface area contributed by atoms with Crippen LogP contribution in [0.4, 0.5) is 0 Å². The van der Waals surface area contributed by atoms with Crippen molar-refractivity contribution in [3.63, 3.8) is 0 Å². The van der Waals surface area contributed by atoms with E-state index in [1.807, 2.05) is 49.4 Å². The van der Waals surface area contributed by atoms with Crippen molar-refractivity contribution in [3.8, 4) is 16.9 Å². The van der Waals surface area contributed by atoms with Crippen LogP contribution in [0.25, 0.3) is 16.9 Å². The van der Waals surface area contributed by atoms with Crippen LogP contribution in [0.1, 0.15) is 16.1 Å². The number of carbonyl (C=O) groups excluding carboxylic acids is 1. The lowest BCUT2D eigenvalue weighted by molar-refractivity contribution is 0.111. The first-order chi connectivity index (χ1) is 10.2. The van der Waals surface area contributed by atoms with Gasteiger partial charge in [-0.3, -0.25) is 4.79 Å². The van der Waals surface area contributed by atoms with Crippen LogP contribution < -0.4 is 0 Å². The number of hydrogen-bond acceptors (Lipinski definition) is 3. The fraction of sp³-hybridized carbons (Fsp3) is 0.0625. The van der Waals surface area contributed by atoms with E-state index in [4.69, 9.17) is 11.6 Å². The first kappa shape index (κ1) is 13.5. The Morgan fingerprint density at radius 2 is 1.81 bits per heavy atom. The largest absolute Gasteiger partial charge is 0.296 e. The van der Waals surface area contributed by atoms with Gasteiger partial charge < -0.3 is 0 Å². The second-order valence-electron chi connectivity index (χ2n) is 4.62. The van der Waals surface area contributed by atoms with Crippen molar-refractivity contribution in [2.75, 3.05) is 0 Å². The van der Waals surface area contributed by atoms with Gasteiger partial charge in [0.2, 0.25) is 0 Å². The number of benzene rings is 2. The number of aromatic nitrogens is 3. The molecular formula is C16H12ClN3O. The normalized spacial score (nSPS) is 10.6. The van der Waals surface area contributed by atoms with E-state index in [-0.39, 0.29) is 5.69 Å². The zero-order valence-electron chi connectivity index (χ0n) is 11.3. The highest BCUT2D eigenvalue weighted by Gasteiger charge is 2.18. The quantitative estimate of drug-likeness (QED) is 0.692. The zero-order valence-corrected chi connectivity index (χ0v) is 12.1. The van der Waals surface area contributed by atoms with E-state index >= 15 is 0 Å². The third kappa shape index (κ3) is 2.34. The van der Waals surface area contributed by atoms with Crippen LogP contribution in [0, 0.1) is 6.92 Å². The third-order valence-corrected chi connectivity index (χ3v) is 3.61. The Hall–Kier alpha value is -2.46. The van der Waals surface area contributed by atoms with Crippen molar-refractivity contribution in [2.24, 2.45) is 0 Å². The molecule has 0 bridgehead atoms. The predicted octanol–water partition coefficient (Wildman–Crippen LogP) is 3.71. The van der Waals surface area contributed by atoms with E-state index in [9.17, 15) is 4.79 Å². The van der Waals surface area contributed by atoms with Gasteiger partial charge in [0, 0.05) is 5.56 Å². The van der Waals surface area contributed by atoms with Crippen molar-refractivity contribution in [2.45, 2.75) is 6.92 Å². The molecular weight excluding hydrogens is 286 g/mol. The van der Waals surface area contributed by atoms with Crippen molar-refractivity contribution in [1.82, 2.24) is 15.0 Å². The Balaban J connectivity index is 2.30. The fourth-order valence-electron chi connectivity index (χ4n) is 2.25.